The Morgan fingerprint density at radius 1 is 0.943 bits per heavy atom. The van der Waals surface area contributed by atoms with Gasteiger partial charge in [0.15, 0.2) is 22.5 Å². The lowest BCUT2D eigenvalue weighted by Gasteiger charge is -2.13. The summed E-state index contributed by atoms with van der Waals surface area (Å²) in [6, 6.07) is 14.9. The third-order valence-corrected chi connectivity index (χ3v) is 5.18. The first kappa shape index (κ1) is 23.9. The van der Waals surface area contributed by atoms with E-state index in [0.717, 1.165) is 12.5 Å². The highest BCUT2D eigenvalue weighted by Crippen LogP contribution is 2.29. The van der Waals surface area contributed by atoms with Gasteiger partial charge in [0.05, 0.1) is 12.7 Å². The van der Waals surface area contributed by atoms with Gasteiger partial charge in [0.2, 0.25) is 11.6 Å². The number of carbonyl (C=O) groups is 1. The highest BCUT2D eigenvalue weighted by molar-refractivity contribution is 7.80. The molecule has 0 saturated heterocycles. The molecule has 2 N–H and O–H groups in total. The second-order valence-corrected chi connectivity index (χ2v) is 7.54. The average molecular weight is 502 g/mol. The molecule has 1 aromatic heterocycles. The van der Waals surface area contributed by atoms with Crippen LogP contribution >= 0.6 is 12.2 Å². The molecule has 0 radical (unpaired) electrons. The summed E-state index contributed by atoms with van der Waals surface area (Å²) in [5.41, 5.74) is -0.375. The predicted molar refractivity (Wildman–Crippen MR) is 124 cm³/mol. The lowest BCUT2D eigenvalue weighted by molar-refractivity contribution is 0.0966. The standard InChI is InChI=1S/C24H14F4N2O4S/c1-33-21-19(27)17(25)16(18(26)20(21)28)22(31)30-24(35)29-13-8-6-11(7-9-13)14-10-12-4-2-3-5-15(12)34-23(14)32/h2-10H,1H3,(H2,29,30,31,35). The summed E-state index contributed by atoms with van der Waals surface area (Å²) in [5.74, 6) is -10.4. The van der Waals surface area contributed by atoms with Crippen LogP contribution in [0.4, 0.5) is 23.2 Å². The van der Waals surface area contributed by atoms with Crippen LogP contribution in [0.15, 0.2) is 63.8 Å². The van der Waals surface area contributed by atoms with Gasteiger partial charge in [-0.1, -0.05) is 30.3 Å². The van der Waals surface area contributed by atoms with E-state index in [2.05, 4.69) is 10.1 Å². The second-order valence-electron chi connectivity index (χ2n) is 7.14. The Hall–Kier alpha value is -4.25. The quantitative estimate of drug-likeness (QED) is 0.174. The molecular weight excluding hydrogens is 488 g/mol. The van der Waals surface area contributed by atoms with Crippen LogP contribution in [0.5, 0.6) is 5.75 Å². The maximum Gasteiger partial charge on any atom is 0.344 e. The van der Waals surface area contributed by atoms with Crippen LogP contribution in [0.2, 0.25) is 0 Å². The number of fused-ring (bicyclic) bond motifs is 1. The molecule has 0 aliphatic heterocycles. The number of rotatable bonds is 4. The maximum absolute atomic E-state index is 14.1. The molecule has 0 unspecified atom stereocenters. The van der Waals surface area contributed by atoms with E-state index in [1.54, 1.807) is 42.5 Å². The Kier molecular flexibility index (Phi) is 6.52. The van der Waals surface area contributed by atoms with Gasteiger partial charge in [-0.05, 0) is 42.0 Å². The fraction of sp³-hybridized carbons (Fsp3) is 0.0417. The normalized spacial score (nSPS) is 10.8. The van der Waals surface area contributed by atoms with Crippen molar-refractivity contribution in [3.63, 3.8) is 0 Å². The van der Waals surface area contributed by atoms with Crippen LogP contribution in [0.1, 0.15) is 10.4 Å². The summed E-state index contributed by atoms with van der Waals surface area (Å²) in [6.07, 6.45) is 0. The lowest BCUT2D eigenvalue weighted by Crippen LogP contribution is -2.35. The summed E-state index contributed by atoms with van der Waals surface area (Å²) in [7, 11) is 0.817. The van der Waals surface area contributed by atoms with Gasteiger partial charge in [-0.3, -0.25) is 10.1 Å². The predicted octanol–water partition coefficient (Wildman–Crippen LogP) is 5.15. The Morgan fingerprint density at radius 2 is 1.57 bits per heavy atom. The highest BCUT2D eigenvalue weighted by Gasteiger charge is 2.30. The van der Waals surface area contributed by atoms with Crippen molar-refractivity contribution in [1.82, 2.24) is 5.32 Å². The third kappa shape index (κ3) is 4.58. The van der Waals surface area contributed by atoms with Crippen molar-refractivity contribution in [3.8, 4) is 16.9 Å². The number of hydrogen-bond acceptors (Lipinski definition) is 5. The summed E-state index contributed by atoms with van der Waals surface area (Å²) in [6.45, 7) is 0. The first-order chi connectivity index (χ1) is 16.7. The minimum Gasteiger partial charge on any atom is -0.491 e. The number of halogens is 4. The molecule has 1 amide bonds. The van der Waals surface area contributed by atoms with Gasteiger partial charge in [-0.15, -0.1) is 0 Å². The molecule has 6 nitrogen and oxygen atoms in total. The van der Waals surface area contributed by atoms with Gasteiger partial charge >= 0.3 is 5.63 Å². The van der Waals surface area contributed by atoms with Gasteiger partial charge in [0.25, 0.3) is 5.91 Å². The number of methoxy groups -OCH3 is 1. The maximum atomic E-state index is 14.1. The van der Waals surface area contributed by atoms with E-state index in [4.69, 9.17) is 16.6 Å². The smallest absolute Gasteiger partial charge is 0.344 e. The van der Waals surface area contributed by atoms with Crippen molar-refractivity contribution in [2.24, 2.45) is 0 Å². The fourth-order valence-electron chi connectivity index (χ4n) is 3.31. The number of thiocarbonyl (C=S) groups is 1. The summed E-state index contributed by atoms with van der Waals surface area (Å²) < 4.78 is 65.6. The Labute approximate surface area is 200 Å². The van der Waals surface area contributed by atoms with Crippen LogP contribution in [0.25, 0.3) is 22.1 Å². The zero-order valence-corrected chi connectivity index (χ0v) is 18.6. The Balaban J connectivity index is 1.51. The van der Waals surface area contributed by atoms with Crippen molar-refractivity contribution in [1.29, 1.82) is 0 Å². The number of anilines is 1. The average Bonchev–Trinajstić information content (AvgIpc) is 2.83. The van der Waals surface area contributed by atoms with Gasteiger partial charge in [-0.25, -0.2) is 13.6 Å². The van der Waals surface area contributed by atoms with Crippen LogP contribution in [-0.2, 0) is 0 Å². The number of carbonyl (C=O) groups excluding carboxylic acids is 1. The number of amides is 1. The molecule has 0 atom stereocenters. The molecule has 0 spiro atoms. The second kappa shape index (κ2) is 9.55. The van der Waals surface area contributed by atoms with Crippen molar-refractivity contribution in [3.05, 3.63) is 93.8 Å². The first-order valence-corrected chi connectivity index (χ1v) is 10.3. The summed E-state index contributed by atoms with van der Waals surface area (Å²) in [5, 5.41) is 4.89. The largest absolute Gasteiger partial charge is 0.491 e. The SMILES string of the molecule is COc1c(F)c(F)c(C(=O)NC(=S)Nc2ccc(-c3cc4ccccc4oc3=O)cc2)c(F)c1F. The molecule has 0 fully saturated rings. The molecule has 4 rings (SSSR count). The van der Waals surface area contributed by atoms with Gasteiger partial charge in [0.1, 0.15) is 11.1 Å². The zero-order chi connectivity index (χ0) is 25.3. The van der Waals surface area contributed by atoms with Crippen molar-refractivity contribution in [2.75, 3.05) is 12.4 Å². The van der Waals surface area contributed by atoms with Crippen molar-refractivity contribution >= 4 is 39.9 Å². The van der Waals surface area contributed by atoms with E-state index in [1.165, 1.54) is 12.1 Å². The van der Waals surface area contributed by atoms with Crippen LogP contribution < -0.4 is 21.0 Å². The van der Waals surface area contributed by atoms with Gasteiger partial charge in [-0.2, -0.15) is 8.78 Å². The molecule has 0 bridgehead atoms. The lowest BCUT2D eigenvalue weighted by atomic mass is 10.1. The zero-order valence-electron chi connectivity index (χ0n) is 17.7. The van der Waals surface area contributed by atoms with E-state index in [0.29, 0.717) is 22.4 Å². The van der Waals surface area contributed by atoms with Crippen molar-refractivity contribution in [2.45, 2.75) is 0 Å². The number of para-hydroxylation sites is 1. The molecule has 0 aliphatic rings. The Morgan fingerprint density at radius 3 is 2.20 bits per heavy atom. The summed E-state index contributed by atoms with van der Waals surface area (Å²) >= 11 is 4.95. The van der Waals surface area contributed by atoms with Crippen LogP contribution in [-0.4, -0.2) is 18.1 Å². The molecular formula is C24H14F4N2O4S. The van der Waals surface area contributed by atoms with Gasteiger partial charge < -0.3 is 14.5 Å². The molecule has 3 aromatic carbocycles. The van der Waals surface area contributed by atoms with Crippen molar-refractivity contribution < 1.29 is 31.5 Å². The molecule has 178 valence electrons. The molecule has 0 saturated carbocycles. The minimum atomic E-state index is -1.93. The number of nitrogens with one attached hydrogen (secondary N) is 2. The minimum absolute atomic E-state index is 0.320. The van der Waals surface area contributed by atoms with E-state index < -0.39 is 51.2 Å². The topological polar surface area (TPSA) is 80.6 Å². The molecule has 1 heterocycles. The first-order valence-electron chi connectivity index (χ1n) is 9.86. The van der Waals surface area contributed by atoms with Gasteiger partial charge in [0, 0.05) is 11.1 Å². The van der Waals surface area contributed by atoms with Crippen LogP contribution in [0.3, 0.4) is 0 Å². The molecule has 4 aromatic rings. The van der Waals surface area contributed by atoms with Crippen LogP contribution in [0, 0.1) is 23.3 Å². The van der Waals surface area contributed by atoms with E-state index in [9.17, 15) is 27.2 Å². The van der Waals surface area contributed by atoms with E-state index >= 15 is 0 Å². The third-order valence-electron chi connectivity index (χ3n) is 4.98. The molecule has 0 aliphatic carbocycles. The number of benzene rings is 3. The highest BCUT2D eigenvalue weighted by atomic mass is 32.1. The number of hydrogen-bond donors (Lipinski definition) is 2. The number of ether oxygens (including phenoxy) is 1. The molecule has 35 heavy (non-hydrogen) atoms. The fourth-order valence-corrected chi connectivity index (χ4v) is 3.52. The summed E-state index contributed by atoms with van der Waals surface area (Å²) in [4.78, 5) is 24.6. The van der Waals surface area contributed by atoms with E-state index in [1.807, 2.05) is 5.32 Å². The Bertz CT molecular complexity index is 1510. The molecule has 11 heteroatoms. The monoisotopic (exact) mass is 502 g/mol. The van der Waals surface area contributed by atoms with E-state index in [-0.39, 0.29) is 0 Å².